The Labute approximate surface area is 105 Å². The van der Waals surface area contributed by atoms with Gasteiger partial charge in [-0.15, -0.1) is 0 Å². The highest BCUT2D eigenvalue weighted by Crippen LogP contribution is 2.30. The molecule has 0 spiro atoms. The number of hydrogen-bond donors (Lipinski definition) is 1. The van der Waals surface area contributed by atoms with E-state index in [2.05, 4.69) is 19.5 Å². The maximum Gasteiger partial charge on any atom is 0.437 e. The first-order valence-corrected chi connectivity index (χ1v) is 4.89. The Morgan fingerprint density at radius 1 is 1.53 bits per heavy atom. The zero-order valence-corrected chi connectivity index (χ0v) is 9.65. The molecule has 0 aliphatic heterocycles. The van der Waals surface area contributed by atoms with Crippen LogP contribution in [0.5, 0.6) is 0 Å². The molecule has 0 fully saturated rings. The molecule has 1 heterocycles. The number of rotatable bonds is 4. The summed E-state index contributed by atoms with van der Waals surface area (Å²) in [5.74, 6) is -2.66. The second-order valence-corrected chi connectivity index (χ2v) is 3.16. The topological polar surface area (TPSA) is 81.4 Å². The number of hydrogen-bond acceptors (Lipinski definition) is 5. The summed E-state index contributed by atoms with van der Waals surface area (Å²) in [6.45, 7) is -0.161. The van der Waals surface area contributed by atoms with Crippen LogP contribution in [0.15, 0.2) is 23.0 Å². The zero-order valence-electron chi connectivity index (χ0n) is 9.65. The molecule has 0 aliphatic rings. The van der Waals surface area contributed by atoms with E-state index in [-0.39, 0.29) is 6.54 Å². The SMILES string of the molecule is COC(=O)/C=C/CNC(=O)c1ocnc1C(F)(F)F. The number of aromatic nitrogens is 1. The number of nitrogens with one attached hydrogen (secondary N) is 1. The highest BCUT2D eigenvalue weighted by molar-refractivity contribution is 5.92. The summed E-state index contributed by atoms with van der Waals surface area (Å²) >= 11 is 0. The fraction of sp³-hybridized carbons (Fsp3) is 0.300. The Morgan fingerprint density at radius 3 is 2.79 bits per heavy atom. The molecule has 0 atom stereocenters. The maximum absolute atomic E-state index is 12.4. The van der Waals surface area contributed by atoms with Gasteiger partial charge in [0.2, 0.25) is 5.76 Å². The van der Waals surface area contributed by atoms with Crippen LogP contribution < -0.4 is 5.32 Å². The van der Waals surface area contributed by atoms with Crippen molar-refractivity contribution in [2.24, 2.45) is 0 Å². The standard InChI is InChI=1S/C10H9F3N2O4/c1-18-6(16)3-2-4-14-9(17)7-8(10(11,12)13)15-5-19-7/h2-3,5H,4H2,1H3,(H,14,17)/b3-2+. The van der Waals surface area contributed by atoms with Crippen LogP contribution in [-0.2, 0) is 15.7 Å². The molecule has 0 aromatic carbocycles. The van der Waals surface area contributed by atoms with Gasteiger partial charge < -0.3 is 14.5 Å². The number of carbonyl (C=O) groups is 2. The Morgan fingerprint density at radius 2 is 2.21 bits per heavy atom. The number of carbonyl (C=O) groups excluding carboxylic acids is 2. The van der Waals surface area contributed by atoms with Crippen LogP contribution in [0.2, 0.25) is 0 Å². The van der Waals surface area contributed by atoms with E-state index in [0.29, 0.717) is 6.39 Å². The lowest BCUT2D eigenvalue weighted by Gasteiger charge is -2.04. The van der Waals surface area contributed by atoms with E-state index in [1.54, 1.807) is 0 Å². The summed E-state index contributed by atoms with van der Waals surface area (Å²) in [7, 11) is 1.16. The molecule has 0 saturated heterocycles. The molecule has 6 nitrogen and oxygen atoms in total. The summed E-state index contributed by atoms with van der Waals surface area (Å²) in [5.41, 5.74) is -1.40. The largest absolute Gasteiger partial charge is 0.466 e. The second kappa shape index (κ2) is 6.03. The Bertz CT molecular complexity index is 493. The first-order chi connectivity index (χ1) is 8.86. The highest BCUT2D eigenvalue weighted by Gasteiger charge is 2.39. The maximum atomic E-state index is 12.4. The lowest BCUT2D eigenvalue weighted by atomic mass is 10.3. The van der Waals surface area contributed by atoms with Crippen LogP contribution in [0.3, 0.4) is 0 Å². The van der Waals surface area contributed by atoms with Crippen LogP contribution in [0.1, 0.15) is 16.2 Å². The minimum absolute atomic E-state index is 0.161. The Balaban J connectivity index is 2.63. The molecule has 1 aromatic rings. The minimum Gasteiger partial charge on any atom is -0.466 e. The van der Waals surface area contributed by atoms with Crippen molar-refractivity contribution in [1.29, 1.82) is 0 Å². The van der Waals surface area contributed by atoms with Crippen molar-refractivity contribution in [2.75, 3.05) is 13.7 Å². The third kappa shape index (κ3) is 4.12. The van der Waals surface area contributed by atoms with E-state index in [4.69, 9.17) is 0 Å². The molecule has 19 heavy (non-hydrogen) atoms. The smallest absolute Gasteiger partial charge is 0.437 e. The summed E-state index contributed by atoms with van der Waals surface area (Å²) < 4.78 is 45.9. The molecule has 1 rings (SSSR count). The molecular formula is C10H9F3N2O4. The quantitative estimate of drug-likeness (QED) is 0.660. The van der Waals surface area contributed by atoms with Crippen LogP contribution >= 0.6 is 0 Å². The van der Waals surface area contributed by atoms with Crippen LogP contribution in [0, 0.1) is 0 Å². The molecule has 104 valence electrons. The Hall–Kier alpha value is -2.32. The number of halogens is 3. The average Bonchev–Trinajstić information content (AvgIpc) is 2.82. The monoisotopic (exact) mass is 278 g/mol. The lowest BCUT2D eigenvalue weighted by Crippen LogP contribution is -2.25. The summed E-state index contributed by atoms with van der Waals surface area (Å²) in [6, 6.07) is 0. The van der Waals surface area contributed by atoms with Crippen molar-refractivity contribution < 1.29 is 31.9 Å². The molecule has 0 unspecified atom stereocenters. The summed E-state index contributed by atoms with van der Waals surface area (Å²) in [4.78, 5) is 25.0. The Kier molecular flexibility index (Phi) is 4.67. The van der Waals surface area contributed by atoms with Gasteiger partial charge in [0, 0.05) is 12.6 Å². The minimum atomic E-state index is -4.78. The molecule has 0 radical (unpaired) electrons. The van der Waals surface area contributed by atoms with Gasteiger partial charge in [0.1, 0.15) is 0 Å². The molecule has 1 aromatic heterocycles. The van der Waals surface area contributed by atoms with Gasteiger partial charge in [0.15, 0.2) is 12.1 Å². The van der Waals surface area contributed by atoms with Crippen molar-refractivity contribution in [3.8, 4) is 0 Å². The second-order valence-electron chi connectivity index (χ2n) is 3.16. The number of amides is 1. The van der Waals surface area contributed by atoms with Gasteiger partial charge in [-0.05, 0) is 0 Å². The molecule has 0 bridgehead atoms. The molecule has 0 aliphatic carbocycles. The highest BCUT2D eigenvalue weighted by atomic mass is 19.4. The molecule has 1 N–H and O–H groups in total. The van der Waals surface area contributed by atoms with E-state index >= 15 is 0 Å². The number of nitrogens with zero attached hydrogens (tertiary/aromatic N) is 1. The number of esters is 1. The molecule has 1 amide bonds. The van der Waals surface area contributed by atoms with Gasteiger partial charge in [-0.1, -0.05) is 6.08 Å². The van der Waals surface area contributed by atoms with Gasteiger partial charge in [-0.2, -0.15) is 13.2 Å². The zero-order chi connectivity index (χ0) is 14.5. The third-order valence-electron chi connectivity index (χ3n) is 1.88. The van der Waals surface area contributed by atoms with Gasteiger partial charge in [0.25, 0.3) is 5.91 Å². The van der Waals surface area contributed by atoms with Crippen LogP contribution in [0.4, 0.5) is 13.2 Å². The van der Waals surface area contributed by atoms with Crippen LogP contribution in [-0.4, -0.2) is 30.5 Å². The van der Waals surface area contributed by atoms with Crippen molar-refractivity contribution in [1.82, 2.24) is 10.3 Å². The van der Waals surface area contributed by atoms with E-state index < -0.39 is 29.5 Å². The molecule has 9 heteroatoms. The lowest BCUT2D eigenvalue weighted by molar-refractivity contribution is -0.141. The van der Waals surface area contributed by atoms with Crippen molar-refractivity contribution in [3.63, 3.8) is 0 Å². The fourth-order valence-electron chi connectivity index (χ4n) is 1.06. The predicted octanol–water partition coefficient (Wildman–Crippen LogP) is 1.15. The van der Waals surface area contributed by atoms with Gasteiger partial charge in [0.05, 0.1) is 7.11 Å². The van der Waals surface area contributed by atoms with Gasteiger partial charge >= 0.3 is 12.1 Å². The summed E-state index contributed by atoms with van der Waals surface area (Å²) in [6.07, 6.45) is -2.01. The predicted molar refractivity (Wildman–Crippen MR) is 55.0 cm³/mol. The third-order valence-corrected chi connectivity index (χ3v) is 1.88. The number of methoxy groups -OCH3 is 1. The van der Waals surface area contributed by atoms with E-state index in [1.807, 2.05) is 0 Å². The van der Waals surface area contributed by atoms with E-state index in [1.165, 1.54) is 6.08 Å². The van der Waals surface area contributed by atoms with Gasteiger partial charge in [-0.25, -0.2) is 9.78 Å². The molecular weight excluding hydrogens is 269 g/mol. The van der Waals surface area contributed by atoms with Crippen molar-refractivity contribution in [2.45, 2.75) is 6.18 Å². The van der Waals surface area contributed by atoms with E-state index in [0.717, 1.165) is 13.2 Å². The van der Waals surface area contributed by atoms with Crippen molar-refractivity contribution in [3.05, 3.63) is 30.0 Å². The average molecular weight is 278 g/mol. The number of alkyl halides is 3. The first kappa shape index (κ1) is 14.7. The van der Waals surface area contributed by atoms with Gasteiger partial charge in [-0.3, -0.25) is 4.79 Å². The number of ether oxygens (including phenoxy) is 1. The summed E-state index contributed by atoms with van der Waals surface area (Å²) in [5, 5.41) is 2.11. The van der Waals surface area contributed by atoms with Crippen LogP contribution in [0.25, 0.3) is 0 Å². The molecule has 0 saturated carbocycles. The fourth-order valence-corrected chi connectivity index (χ4v) is 1.06. The first-order valence-electron chi connectivity index (χ1n) is 4.89. The van der Waals surface area contributed by atoms with Crippen molar-refractivity contribution >= 4 is 11.9 Å². The van der Waals surface area contributed by atoms with E-state index in [9.17, 15) is 22.8 Å². The normalized spacial score (nSPS) is 11.6. The number of oxazole rings is 1.